The molecule has 5 N–H and O–H groups in total. The van der Waals surface area contributed by atoms with Crippen LogP contribution < -0.4 is 21.7 Å². The second-order valence-corrected chi connectivity index (χ2v) is 12.0. The van der Waals surface area contributed by atoms with Gasteiger partial charge in [-0.15, -0.1) is 11.8 Å². The summed E-state index contributed by atoms with van der Waals surface area (Å²) in [4.78, 5) is 51.3. The minimum Gasteiger partial charge on any atom is -0.457 e. The van der Waals surface area contributed by atoms with E-state index in [1.165, 1.54) is 17.8 Å². The Balaban J connectivity index is 1.26. The molecular formula is C37H32N4O5S. The number of carbonyl (C=O) groups is 4. The Labute approximate surface area is 276 Å². The maximum atomic E-state index is 13.5. The third kappa shape index (κ3) is 8.86. The molecule has 0 saturated carbocycles. The van der Waals surface area contributed by atoms with E-state index >= 15 is 0 Å². The van der Waals surface area contributed by atoms with E-state index in [1.54, 1.807) is 91.9 Å². The van der Waals surface area contributed by atoms with Gasteiger partial charge in [-0.05, 0) is 86.6 Å². The van der Waals surface area contributed by atoms with E-state index in [2.05, 4.69) is 16.0 Å². The zero-order valence-electron chi connectivity index (χ0n) is 25.7. The highest BCUT2D eigenvalue weighted by Gasteiger charge is 2.18. The quantitative estimate of drug-likeness (QED) is 0.0912. The molecular weight excluding hydrogens is 612 g/mol. The van der Waals surface area contributed by atoms with Crippen LogP contribution in [0.25, 0.3) is 17.4 Å². The van der Waals surface area contributed by atoms with Crippen LogP contribution in [-0.4, -0.2) is 28.9 Å². The van der Waals surface area contributed by atoms with E-state index in [4.69, 9.17) is 10.2 Å². The maximum Gasteiger partial charge on any atom is 0.272 e. The molecule has 1 aromatic heterocycles. The predicted molar refractivity (Wildman–Crippen MR) is 185 cm³/mol. The van der Waals surface area contributed by atoms with Gasteiger partial charge in [0.05, 0.1) is 5.25 Å². The van der Waals surface area contributed by atoms with Crippen molar-refractivity contribution >= 4 is 52.8 Å². The lowest BCUT2D eigenvalue weighted by Crippen LogP contribution is -2.30. The second-order valence-electron chi connectivity index (χ2n) is 10.6. The SMILES string of the molecule is Cc1ccc(-c2ccc(/C=C(\NC(=O)c3ccccc3)C(=O)Nc3ccc(S[C@@H](C)C(=O)Nc4ccc(C(N)=O)cc4)cc3)o2)cc1. The van der Waals surface area contributed by atoms with Gasteiger partial charge in [0.2, 0.25) is 11.8 Å². The lowest BCUT2D eigenvalue weighted by atomic mass is 10.1. The van der Waals surface area contributed by atoms with Crippen molar-refractivity contribution < 1.29 is 23.6 Å². The molecule has 5 aromatic rings. The summed E-state index contributed by atoms with van der Waals surface area (Å²) in [6, 6.07) is 33.4. The molecule has 236 valence electrons. The van der Waals surface area contributed by atoms with Crippen LogP contribution in [0.4, 0.5) is 11.4 Å². The fourth-order valence-corrected chi connectivity index (χ4v) is 5.29. The van der Waals surface area contributed by atoms with Gasteiger partial charge in [-0.3, -0.25) is 19.2 Å². The van der Waals surface area contributed by atoms with E-state index in [0.717, 1.165) is 16.0 Å². The maximum absolute atomic E-state index is 13.5. The molecule has 47 heavy (non-hydrogen) atoms. The topological polar surface area (TPSA) is 144 Å². The molecule has 0 unspecified atom stereocenters. The number of furan rings is 1. The number of hydrogen-bond donors (Lipinski definition) is 4. The molecule has 1 heterocycles. The Kier molecular flexibility index (Phi) is 10.3. The summed E-state index contributed by atoms with van der Waals surface area (Å²) < 4.78 is 5.99. The number of carbonyl (C=O) groups excluding carboxylic acids is 4. The lowest BCUT2D eigenvalue weighted by molar-refractivity contribution is -0.115. The largest absolute Gasteiger partial charge is 0.457 e. The number of benzene rings is 4. The van der Waals surface area contributed by atoms with Gasteiger partial charge in [0.15, 0.2) is 0 Å². The van der Waals surface area contributed by atoms with E-state index in [0.29, 0.717) is 34.0 Å². The van der Waals surface area contributed by atoms with E-state index in [9.17, 15) is 19.2 Å². The third-order valence-electron chi connectivity index (χ3n) is 7.01. The third-order valence-corrected chi connectivity index (χ3v) is 8.12. The van der Waals surface area contributed by atoms with Crippen LogP contribution in [0.15, 0.2) is 130 Å². The number of primary amides is 1. The summed E-state index contributed by atoms with van der Waals surface area (Å²) in [7, 11) is 0. The number of nitrogens with two attached hydrogens (primary N) is 1. The van der Waals surface area contributed by atoms with Gasteiger partial charge in [-0.1, -0.05) is 48.0 Å². The molecule has 0 radical (unpaired) electrons. The van der Waals surface area contributed by atoms with E-state index < -0.39 is 23.0 Å². The van der Waals surface area contributed by atoms with Crippen molar-refractivity contribution in [1.29, 1.82) is 0 Å². The zero-order chi connectivity index (χ0) is 33.3. The molecule has 0 spiro atoms. The molecule has 4 amide bonds. The second kappa shape index (κ2) is 14.9. The number of thioether (sulfide) groups is 1. The predicted octanol–water partition coefficient (Wildman–Crippen LogP) is 6.88. The van der Waals surface area contributed by atoms with Crippen LogP contribution >= 0.6 is 11.8 Å². The van der Waals surface area contributed by atoms with Crippen LogP contribution in [0.5, 0.6) is 0 Å². The first-order valence-electron chi connectivity index (χ1n) is 14.7. The summed E-state index contributed by atoms with van der Waals surface area (Å²) in [6.07, 6.45) is 1.49. The monoisotopic (exact) mass is 644 g/mol. The first-order valence-corrected chi connectivity index (χ1v) is 15.6. The van der Waals surface area contributed by atoms with Crippen molar-refractivity contribution in [1.82, 2.24) is 5.32 Å². The highest BCUT2D eigenvalue weighted by molar-refractivity contribution is 8.00. The van der Waals surface area contributed by atoms with Crippen LogP contribution in [0.1, 0.15) is 39.0 Å². The van der Waals surface area contributed by atoms with Gasteiger partial charge in [-0.25, -0.2) is 0 Å². The highest BCUT2D eigenvalue weighted by Crippen LogP contribution is 2.27. The van der Waals surface area contributed by atoms with E-state index in [-0.39, 0.29) is 11.6 Å². The van der Waals surface area contributed by atoms with Gasteiger partial charge in [-0.2, -0.15) is 0 Å². The highest BCUT2D eigenvalue weighted by atomic mass is 32.2. The van der Waals surface area contributed by atoms with Crippen molar-refractivity contribution in [3.8, 4) is 11.3 Å². The Morgan fingerprint density at radius 3 is 2.04 bits per heavy atom. The summed E-state index contributed by atoms with van der Waals surface area (Å²) in [5.41, 5.74) is 9.07. The molecule has 0 saturated heterocycles. The number of aryl methyl sites for hydroxylation is 1. The number of nitrogens with one attached hydrogen (secondary N) is 3. The fraction of sp³-hybridized carbons (Fsp3) is 0.0811. The first-order chi connectivity index (χ1) is 22.6. The summed E-state index contributed by atoms with van der Waals surface area (Å²) in [6.45, 7) is 3.78. The van der Waals surface area contributed by atoms with Crippen LogP contribution in [0.2, 0.25) is 0 Å². The molecule has 10 heteroatoms. The van der Waals surface area contributed by atoms with Gasteiger partial charge in [0.1, 0.15) is 17.2 Å². The summed E-state index contributed by atoms with van der Waals surface area (Å²) in [5, 5.41) is 7.93. The lowest BCUT2D eigenvalue weighted by Gasteiger charge is -2.13. The molecule has 0 fully saturated rings. The molecule has 5 rings (SSSR count). The standard InChI is InChI=1S/C37H32N4O5S/c1-23-8-10-25(11-9-23)33-21-18-30(46-33)22-32(41-36(44)27-6-4-3-5-7-27)37(45)40-29-16-19-31(20-17-29)47-24(2)35(43)39-28-14-12-26(13-15-28)34(38)42/h3-22,24H,1-2H3,(H2,38,42)(H,39,43)(H,40,45)(H,41,44)/b32-22-/t24-/m0/s1. The molecule has 4 aromatic carbocycles. The van der Waals surface area contributed by atoms with Crippen molar-refractivity contribution in [3.05, 3.63) is 143 Å². The van der Waals surface area contributed by atoms with Crippen molar-refractivity contribution in [2.75, 3.05) is 10.6 Å². The number of rotatable bonds is 11. The molecule has 9 nitrogen and oxygen atoms in total. The summed E-state index contributed by atoms with van der Waals surface area (Å²) >= 11 is 1.34. The van der Waals surface area contributed by atoms with Gasteiger partial charge in [0.25, 0.3) is 11.8 Å². The van der Waals surface area contributed by atoms with E-state index in [1.807, 2.05) is 37.3 Å². The summed E-state index contributed by atoms with van der Waals surface area (Å²) in [5.74, 6) is -0.727. The van der Waals surface area contributed by atoms with Crippen LogP contribution in [-0.2, 0) is 9.59 Å². The zero-order valence-corrected chi connectivity index (χ0v) is 26.5. The van der Waals surface area contributed by atoms with Crippen LogP contribution in [0.3, 0.4) is 0 Å². The Morgan fingerprint density at radius 2 is 1.38 bits per heavy atom. The van der Waals surface area contributed by atoms with Crippen LogP contribution in [0, 0.1) is 6.92 Å². The first kappa shape index (κ1) is 32.5. The molecule has 1 atom stereocenters. The number of amides is 4. The molecule has 0 aliphatic heterocycles. The average molecular weight is 645 g/mol. The smallest absolute Gasteiger partial charge is 0.272 e. The van der Waals surface area contributed by atoms with Gasteiger partial charge < -0.3 is 26.1 Å². The Bertz CT molecular complexity index is 1920. The average Bonchev–Trinajstić information content (AvgIpc) is 3.54. The minimum atomic E-state index is -0.543. The Morgan fingerprint density at radius 1 is 0.745 bits per heavy atom. The Hall–Kier alpha value is -5.87. The molecule has 0 bridgehead atoms. The van der Waals surface area contributed by atoms with Crippen molar-refractivity contribution in [2.24, 2.45) is 5.73 Å². The molecule has 0 aliphatic carbocycles. The van der Waals surface area contributed by atoms with Gasteiger partial charge in [0, 0.05) is 39.0 Å². The van der Waals surface area contributed by atoms with Crippen molar-refractivity contribution in [2.45, 2.75) is 24.0 Å². The van der Waals surface area contributed by atoms with Crippen molar-refractivity contribution in [3.63, 3.8) is 0 Å². The number of hydrogen-bond acceptors (Lipinski definition) is 6. The normalized spacial score (nSPS) is 11.7. The molecule has 0 aliphatic rings. The minimum absolute atomic E-state index is 0.00346. The van der Waals surface area contributed by atoms with Gasteiger partial charge >= 0.3 is 0 Å². The number of anilines is 2. The fourth-order valence-electron chi connectivity index (χ4n) is 4.42.